The summed E-state index contributed by atoms with van der Waals surface area (Å²) in [5.74, 6) is 0.590. The van der Waals surface area contributed by atoms with E-state index in [9.17, 15) is 13.2 Å². The van der Waals surface area contributed by atoms with Crippen molar-refractivity contribution in [2.45, 2.75) is 11.4 Å². The number of rotatable bonds is 4. The zero-order valence-corrected chi connectivity index (χ0v) is 17.4. The Morgan fingerprint density at radius 3 is 2.54 bits per heavy atom. The van der Waals surface area contributed by atoms with Crippen LogP contribution in [0.15, 0.2) is 62.7 Å². The molecule has 9 heteroatoms. The summed E-state index contributed by atoms with van der Waals surface area (Å²) in [6.07, 6.45) is 0. The molecule has 1 fully saturated rings. The van der Waals surface area contributed by atoms with E-state index in [1.807, 2.05) is 18.2 Å². The number of nitrogens with one attached hydrogen (secondary N) is 1. The van der Waals surface area contributed by atoms with Gasteiger partial charge >= 0.3 is 0 Å². The molecule has 2 heterocycles. The minimum Gasteiger partial charge on any atom is -0.309 e. The Hall–Kier alpha value is -2.07. The first-order valence-corrected chi connectivity index (χ1v) is 11.1. The molecule has 1 aliphatic heterocycles. The van der Waals surface area contributed by atoms with Gasteiger partial charge in [-0.15, -0.1) is 0 Å². The molecule has 0 unspecified atom stereocenters. The van der Waals surface area contributed by atoms with Crippen LogP contribution in [0, 0.1) is 0 Å². The van der Waals surface area contributed by atoms with Crippen LogP contribution in [0.5, 0.6) is 0 Å². The second kappa shape index (κ2) is 7.75. The number of hydrogen-bond acceptors (Lipinski definition) is 5. The van der Waals surface area contributed by atoms with Gasteiger partial charge in [-0.3, -0.25) is 9.69 Å². The van der Waals surface area contributed by atoms with E-state index in [1.54, 1.807) is 30.3 Å². The molecule has 0 amide bonds. The second-order valence-corrected chi connectivity index (χ2v) is 9.52. The Bertz CT molecular complexity index is 1170. The Morgan fingerprint density at radius 1 is 1.04 bits per heavy atom. The van der Waals surface area contributed by atoms with Crippen LogP contribution in [0.2, 0.25) is 0 Å². The maximum absolute atomic E-state index is 12.8. The zero-order valence-electron chi connectivity index (χ0n) is 15.0. The summed E-state index contributed by atoms with van der Waals surface area (Å²) in [6, 6.07) is 14.0. The van der Waals surface area contributed by atoms with Crippen molar-refractivity contribution in [2.24, 2.45) is 0 Å². The van der Waals surface area contributed by atoms with Gasteiger partial charge in [-0.1, -0.05) is 34.1 Å². The van der Waals surface area contributed by atoms with Crippen molar-refractivity contribution >= 4 is 36.9 Å². The highest BCUT2D eigenvalue weighted by atomic mass is 79.9. The smallest absolute Gasteiger partial charge is 0.258 e. The van der Waals surface area contributed by atoms with Crippen molar-refractivity contribution in [1.29, 1.82) is 0 Å². The van der Waals surface area contributed by atoms with Crippen molar-refractivity contribution in [2.75, 3.05) is 26.2 Å². The number of benzene rings is 2. The van der Waals surface area contributed by atoms with Crippen molar-refractivity contribution in [3.8, 4) is 0 Å². The molecule has 1 aromatic heterocycles. The number of aromatic amines is 1. The lowest BCUT2D eigenvalue weighted by Crippen LogP contribution is -2.48. The van der Waals surface area contributed by atoms with Crippen LogP contribution in [0.25, 0.3) is 10.9 Å². The van der Waals surface area contributed by atoms with Crippen LogP contribution in [0.3, 0.4) is 0 Å². The molecule has 0 saturated carbocycles. The first-order chi connectivity index (χ1) is 13.4. The van der Waals surface area contributed by atoms with Crippen molar-refractivity contribution in [3.63, 3.8) is 0 Å². The van der Waals surface area contributed by atoms with E-state index in [-0.39, 0.29) is 10.5 Å². The summed E-state index contributed by atoms with van der Waals surface area (Å²) in [7, 11) is -3.51. The molecule has 0 aliphatic carbocycles. The van der Waals surface area contributed by atoms with Gasteiger partial charge in [0.2, 0.25) is 10.0 Å². The van der Waals surface area contributed by atoms with Gasteiger partial charge in [-0.05, 0) is 30.3 Å². The second-order valence-electron chi connectivity index (χ2n) is 6.67. The molecule has 0 bridgehead atoms. The van der Waals surface area contributed by atoms with E-state index >= 15 is 0 Å². The molecule has 3 aromatic rings. The first-order valence-electron chi connectivity index (χ1n) is 8.89. The van der Waals surface area contributed by atoms with E-state index in [1.165, 1.54) is 4.31 Å². The van der Waals surface area contributed by atoms with Crippen LogP contribution in [-0.2, 0) is 16.6 Å². The van der Waals surface area contributed by atoms with Crippen LogP contribution in [0.1, 0.15) is 5.82 Å². The average molecular weight is 463 g/mol. The summed E-state index contributed by atoms with van der Waals surface area (Å²) in [6.45, 7) is 2.41. The Balaban J connectivity index is 1.45. The van der Waals surface area contributed by atoms with Crippen LogP contribution in [-0.4, -0.2) is 53.8 Å². The number of aromatic nitrogens is 2. The number of nitrogens with zero attached hydrogens (tertiary/aromatic N) is 3. The van der Waals surface area contributed by atoms with E-state index in [2.05, 4.69) is 30.8 Å². The maximum Gasteiger partial charge on any atom is 0.258 e. The van der Waals surface area contributed by atoms with Crippen LogP contribution >= 0.6 is 15.9 Å². The van der Waals surface area contributed by atoms with E-state index in [0.717, 1.165) is 4.47 Å². The first kappa shape index (κ1) is 19.3. The molecular weight excluding hydrogens is 444 g/mol. The molecule has 4 rings (SSSR count). The standard InChI is InChI=1S/C19H19BrN4O3S/c20-14-4-3-5-15(12-14)28(26,27)24-10-8-23(9-11-24)13-18-21-17-7-2-1-6-16(17)19(25)22-18/h1-7,12H,8-11,13H2,(H,21,22,25). The molecule has 1 saturated heterocycles. The third-order valence-electron chi connectivity index (χ3n) is 4.80. The van der Waals surface area contributed by atoms with Crippen LogP contribution in [0.4, 0.5) is 0 Å². The SMILES string of the molecule is O=c1[nH]c(CN2CCN(S(=O)(=O)c3cccc(Br)c3)CC2)nc2ccccc12. The molecule has 0 radical (unpaired) electrons. The van der Waals surface area contributed by atoms with Gasteiger partial charge in [-0.2, -0.15) is 4.31 Å². The quantitative estimate of drug-likeness (QED) is 0.641. The molecule has 7 nitrogen and oxygen atoms in total. The maximum atomic E-state index is 12.8. The minimum atomic E-state index is -3.51. The molecule has 2 aromatic carbocycles. The van der Waals surface area contributed by atoms with Gasteiger partial charge in [0.25, 0.3) is 5.56 Å². The van der Waals surface area contributed by atoms with Gasteiger partial charge in [0.05, 0.1) is 22.3 Å². The highest BCUT2D eigenvalue weighted by Gasteiger charge is 2.28. The third kappa shape index (κ3) is 3.88. The van der Waals surface area contributed by atoms with Crippen molar-refractivity contribution < 1.29 is 8.42 Å². The normalized spacial score (nSPS) is 16.5. The highest BCUT2D eigenvalue weighted by Crippen LogP contribution is 2.21. The number of sulfonamides is 1. The fourth-order valence-corrected chi connectivity index (χ4v) is 5.35. The average Bonchev–Trinajstić information content (AvgIpc) is 2.68. The number of fused-ring (bicyclic) bond motifs is 1. The Kier molecular flexibility index (Phi) is 5.33. The predicted octanol–water partition coefficient (Wildman–Crippen LogP) is 2.19. The largest absolute Gasteiger partial charge is 0.309 e. The van der Waals surface area contributed by atoms with Gasteiger partial charge in [0.1, 0.15) is 5.82 Å². The number of para-hydroxylation sites is 1. The fraction of sp³-hybridized carbons (Fsp3) is 0.263. The summed E-state index contributed by atoms with van der Waals surface area (Å²) in [4.78, 5) is 21.9. The minimum absolute atomic E-state index is 0.156. The molecule has 1 aliphatic rings. The van der Waals surface area contributed by atoms with Crippen LogP contribution < -0.4 is 5.56 Å². The molecule has 0 atom stereocenters. The molecule has 146 valence electrons. The lowest BCUT2D eigenvalue weighted by Gasteiger charge is -2.33. The van der Waals surface area contributed by atoms with E-state index in [4.69, 9.17) is 0 Å². The highest BCUT2D eigenvalue weighted by molar-refractivity contribution is 9.10. The van der Waals surface area contributed by atoms with Gasteiger partial charge in [0, 0.05) is 30.7 Å². The lowest BCUT2D eigenvalue weighted by atomic mass is 10.2. The Labute approximate surface area is 171 Å². The van der Waals surface area contributed by atoms with Crippen molar-refractivity contribution in [3.05, 3.63) is 69.2 Å². The number of H-pyrrole nitrogens is 1. The number of hydrogen-bond donors (Lipinski definition) is 1. The topological polar surface area (TPSA) is 86.4 Å². The van der Waals surface area contributed by atoms with E-state index < -0.39 is 10.0 Å². The van der Waals surface area contributed by atoms with Gasteiger partial charge < -0.3 is 4.98 Å². The zero-order chi connectivity index (χ0) is 19.7. The molecule has 28 heavy (non-hydrogen) atoms. The van der Waals surface area contributed by atoms with Gasteiger partial charge in [-0.25, -0.2) is 13.4 Å². The van der Waals surface area contributed by atoms with Crippen molar-refractivity contribution in [1.82, 2.24) is 19.2 Å². The van der Waals surface area contributed by atoms with Gasteiger partial charge in [0.15, 0.2) is 0 Å². The monoisotopic (exact) mass is 462 g/mol. The fourth-order valence-electron chi connectivity index (χ4n) is 3.33. The Morgan fingerprint density at radius 2 is 1.79 bits per heavy atom. The summed E-state index contributed by atoms with van der Waals surface area (Å²) in [5.41, 5.74) is 0.508. The predicted molar refractivity (Wildman–Crippen MR) is 111 cm³/mol. The summed E-state index contributed by atoms with van der Waals surface area (Å²) in [5, 5.41) is 0.566. The number of halogens is 1. The summed E-state index contributed by atoms with van der Waals surface area (Å²) < 4.78 is 27.9. The van der Waals surface area contributed by atoms with E-state index in [0.29, 0.717) is 49.5 Å². The summed E-state index contributed by atoms with van der Waals surface area (Å²) >= 11 is 3.32. The lowest BCUT2D eigenvalue weighted by molar-refractivity contribution is 0.178. The molecule has 0 spiro atoms. The molecule has 1 N–H and O–H groups in total. The third-order valence-corrected chi connectivity index (χ3v) is 7.19. The molecular formula is C19H19BrN4O3S. The number of piperazine rings is 1.